The van der Waals surface area contributed by atoms with Gasteiger partial charge in [-0.15, -0.1) is 0 Å². The zero-order chi connectivity index (χ0) is 30.5. The molecule has 2 heterocycles. The van der Waals surface area contributed by atoms with Gasteiger partial charge < -0.3 is 26.0 Å². The number of nitrogens with one attached hydrogen (secondary N) is 4. The number of nitrogens with zero attached hydrogens (tertiary/aromatic N) is 3. The van der Waals surface area contributed by atoms with Crippen molar-refractivity contribution in [2.75, 3.05) is 9.74 Å². The van der Waals surface area contributed by atoms with E-state index >= 15 is 0 Å². The van der Waals surface area contributed by atoms with E-state index in [-0.39, 0.29) is 47.0 Å². The van der Waals surface area contributed by atoms with E-state index in [1.54, 1.807) is 36.4 Å². The van der Waals surface area contributed by atoms with Gasteiger partial charge in [-0.25, -0.2) is 14.2 Å². The fourth-order valence-electron chi connectivity index (χ4n) is 4.88. The van der Waals surface area contributed by atoms with Crippen molar-refractivity contribution in [1.82, 2.24) is 25.6 Å². The fraction of sp³-hybridized carbons (Fsp3) is 0.241. The summed E-state index contributed by atoms with van der Waals surface area (Å²) in [5, 5.41) is 18.4. The Morgan fingerprint density at radius 3 is 2.51 bits per heavy atom. The number of halogens is 2. The van der Waals surface area contributed by atoms with Crippen LogP contribution < -0.4 is 25.9 Å². The highest BCUT2D eigenvalue weighted by atomic mass is 35.5. The maximum absolute atomic E-state index is 13.2. The Morgan fingerprint density at radius 1 is 1.02 bits per heavy atom. The summed E-state index contributed by atoms with van der Waals surface area (Å²) in [6.07, 6.45) is 3.28. The van der Waals surface area contributed by atoms with Gasteiger partial charge >= 0.3 is 6.09 Å². The molecule has 2 aromatic heterocycles. The Labute approximate surface area is 255 Å². The van der Waals surface area contributed by atoms with E-state index in [2.05, 4.69) is 30.9 Å². The third-order valence-electron chi connectivity index (χ3n) is 7.07. The summed E-state index contributed by atoms with van der Waals surface area (Å²) in [6.45, 7) is 0.254. The van der Waals surface area contributed by atoms with E-state index in [4.69, 9.17) is 28.5 Å². The van der Waals surface area contributed by atoms with Crippen LogP contribution in [0.25, 0.3) is 11.0 Å². The van der Waals surface area contributed by atoms with Crippen molar-refractivity contribution in [3.63, 3.8) is 0 Å². The second-order valence-corrected chi connectivity index (χ2v) is 10.9. The zero-order valence-corrected chi connectivity index (χ0v) is 24.2. The van der Waals surface area contributed by atoms with Crippen LogP contribution in [0, 0.1) is 0 Å². The van der Waals surface area contributed by atoms with Gasteiger partial charge in [0.2, 0.25) is 5.95 Å². The molecular formula is C29H27Cl2N7O5. The molecular weight excluding hydrogens is 597 g/mol. The monoisotopic (exact) mass is 623 g/mol. The minimum Gasteiger partial charge on any atom is -0.465 e. The largest absolute Gasteiger partial charge is 0.465 e. The van der Waals surface area contributed by atoms with Crippen LogP contribution in [0.5, 0.6) is 0 Å². The Hall–Kier alpha value is -4.68. The SMILES string of the molecule is O=C(O)NC1CCC(Nc2ncc3cc(C(=O)N(Cl)c4cccc(C(=O)NCc5cccc(Cl)c5)c4)c(=O)[nH]c3n2)CC1. The molecule has 2 aromatic carbocycles. The average molecular weight is 624 g/mol. The van der Waals surface area contributed by atoms with Crippen LogP contribution in [-0.4, -0.2) is 50.0 Å². The molecule has 4 aromatic rings. The summed E-state index contributed by atoms with van der Waals surface area (Å²) in [5.74, 6) is -0.869. The van der Waals surface area contributed by atoms with Gasteiger partial charge in [0.15, 0.2) is 0 Å². The van der Waals surface area contributed by atoms with Crippen LogP contribution in [0.15, 0.2) is 65.6 Å². The number of amides is 3. The first-order chi connectivity index (χ1) is 20.7. The van der Waals surface area contributed by atoms with Crippen molar-refractivity contribution in [1.29, 1.82) is 0 Å². The number of aromatic nitrogens is 3. The van der Waals surface area contributed by atoms with E-state index < -0.39 is 17.6 Å². The number of pyridine rings is 1. The molecule has 3 amide bonds. The van der Waals surface area contributed by atoms with E-state index in [9.17, 15) is 19.2 Å². The van der Waals surface area contributed by atoms with Crippen molar-refractivity contribution in [3.8, 4) is 0 Å². The van der Waals surface area contributed by atoms with Crippen molar-refractivity contribution < 1.29 is 19.5 Å². The maximum Gasteiger partial charge on any atom is 0.404 e. The summed E-state index contributed by atoms with van der Waals surface area (Å²) < 4.78 is 0.774. The number of anilines is 2. The average Bonchev–Trinajstić information content (AvgIpc) is 2.99. The van der Waals surface area contributed by atoms with Crippen molar-refractivity contribution in [3.05, 3.63) is 92.9 Å². The van der Waals surface area contributed by atoms with Crippen LogP contribution in [0.1, 0.15) is 52.0 Å². The minimum atomic E-state index is -1.03. The molecule has 0 radical (unpaired) electrons. The molecule has 12 nitrogen and oxygen atoms in total. The molecule has 1 fully saturated rings. The highest BCUT2D eigenvalue weighted by Gasteiger charge is 2.24. The molecule has 5 rings (SSSR count). The first-order valence-corrected chi connectivity index (χ1v) is 14.2. The molecule has 1 aliphatic rings. The van der Waals surface area contributed by atoms with Crippen LogP contribution in [0.4, 0.5) is 16.4 Å². The second-order valence-electron chi connectivity index (χ2n) is 10.1. The quantitative estimate of drug-likeness (QED) is 0.176. The molecule has 222 valence electrons. The number of rotatable bonds is 8. The molecule has 0 saturated heterocycles. The molecule has 1 aliphatic carbocycles. The molecule has 43 heavy (non-hydrogen) atoms. The normalized spacial score (nSPS) is 16.3. The lowest BCUT2D eigenvalue weighted by molar-refractivity contribution is 0.0949. The number of hydrogen-bond donors (Lipinski definition) is 5. The van der Waals surface area contributed by atoms with E-state index in [1.165, 1.54) is 18.3 Å². The number of benzene rings is 2. The lowest BCUT2D eigenvalue weighted by atomic mass is 9.91. The molecule has 0 atom stereocenters. The first-order valence-electron chi connectivity index (χ1n) is 13.5. The van der Waals surface area contributed by atoms with Gasteiger partial charge in [-0.1, -0.05) is 29.8 Å². The number of H-pyrrole nitrogens is 1. The van der Waals surface area contributed by atoms with Gasteiger partial charge in [0.05, 0.1) is 5.69 Å². The van der Waals surface area contributed by atoms with Crippen molar-refractivity contribution in [2.45, 2.75) is 44.3 Å². The third-order valence-corrected chi connectivity index (χ3v) is 7.65. The number of aromatic amines is 1. The van der Waals surface area contributed by atoms with Gasteiger partial charge in [0.25, 0.3) is 17.4 Å². The highest BCUT2D eigenvalue weighted by Crippen LogP contribution is 2.23. The zero-order valence-electron chi connectivity index (χ0n) is 22.6. The lowest BCUT2D eigenvalue weighted by Crippen LogP contribution is -2.39. The Morgan fingerprint density at radius 2 is 1.77 bits per heavy atom. The molecule has 14 heteroatoms. The Kier molecular flexibility index (Phi) is 9.07. The topological polar surface area (TPSA) is 169 Å². The van der Waals surface area contributed by atoms with Crippen molar-refractivity contribution in [2.24, 2.45) is 0 Å². The van der Waals surface area contributed by atoms with Crippen LogP contribution in [0.3, 0.4) is 0 Å². The first kappa shape index (κ1) is 29.8. The number of fused-ring (bicyclic) bond motifs is 1. The summed E-state index contributed by atoms with van der Waals surface area (Å²) in [7, 11) is 0. The number of carbonyl (C=O) groups is 3. The van der Waals surface area contributed by atoms with Crippen LogP contribution in [0.2, 0.25) is 5.02 Å². The summed E-state index contributed by atoms with van der Waals surface area (Å²) in [4.78, 5) is 61.0. The molecule has 0 spiro atoms. The van der Waals surface area contributed by atoms with Crippen LogP contribution >= 0.6 is 23.4 Å². The summed E-state index contributed by atoms with van der Waals surface area (Å²) >= 11 is 12.4. The molecule has 5 N–H and O–H groups in total. The van der Waals surface area contributed by atoms with Crippen LogP contribution in [-0.2, 0) is 6.54 Å². The van der Waals surface area contributed by atoms with Gasteiger partial charge in [0.1, 0.15) is 11.2 Å². The molecule has 0 bridgehead atoms. The highest BCUT2D eigenvalue weighted by molar-refractivity contribution is 6.39. The summed E-state index contributed by atoms with van der Waals surface area (Å²) in [6, 6.07) is 14.6. The number of hydrogen-bond acceptors (Lipinski definition) is 7. The standard InChI is InChI=1S/C29H27Cl2N7O5/c30-19-5-1-3-16(11-19)14-32-25(39)17-4-2-6-22(12-17)38(31)27(41)23-13-18-15-33-28(37-24(18)36-26(23)40)34-20-7-9-21(10-8-20)35-29(42)43/h1-6,11-13,15,20-21,35H,7-10,14H2,(H,32,39)(H,42,43)(H2,33,34,36,37,40). The predicted molar refractivity (Wildman–Crippen MR) is 163 cm³/mol. The number of carboxylic acid groups (broad SMARTS) is 1. The van der Waals surface area contributed by atoms with E-state index in [0.717, 1.165) is 22.8 Å². The molecule has 1 saturated carbocycles. The lowest BCUT2D eigenvalue weighted by Gasteiger charge is -2.28. The second kappa shape index (κ2) is 13.1. The van der Waals surface area contributed by atoms with E-state index in [1.807, 2.05) is 6.07 Å². The van der Waals surface area contributed by atoms with Gasteiger partial charge in [-0.2, -0.15) is 4.98 Å². The fourth-order valence-corrected chi connectivity index (χ4v) is 5.29. The summed E-state index contributed by atoms with van der Waals surface area (Å²) in [5.41, 5.74) is 0.609. The minimum absolute atomic E-state index is 0.0522. The van der Waals surface area contributed by atoms with Gasteiger partial charge in [-0.3, -0.25) is 14.4 Å². The molecule has 0 aliphatic heterocycles. The molecule has 0 unspecified atom stereocenters. The van der Waals surface area contributed by atoms with Gasteiger partial charge in [-0.05, 0) is 67.6 Å². The number of carbonyl (C=O) groups excluding carboxylic acids is 2. The Bertz CT molecular complexity index is 1740. The maximum atomic E-state index is 13.2. The van der Waals surface area contributed by atoms with E-state index in [0.29, 0.717) is 29.2 Å². The van der Waals surface area contributed by atoms with Gasteiger partial charge in [0, 0.05) is 52.6 Å². The third kappa shape index (κ3) is 7.40. The Balaban J connectivity index is 1.25. The smallest absolute Gasteiger partial charge is 0.404 e. The predicted octanol–water partition coefficient (Wildman–Crippen LogP) is 4.69. The van der Waals surface area contributed by atoms with Crippen molar-refractivity contribution >= 4 is 64.0 Å².